The van der Waals surface area contributed by atoms with Gasteiger partial charge in [0.05, 0.1) is 0 Å². The molecule has 2 aromatic rings. The molecule has 26 heavy (non-hydrogen) atoms. The molecular formula is C22H37Cl2NZr-8. The number of halogens is 2. The van der Waals surface area contributed by atoms with Crippen LogP contribution in [0.1, 0.15) is 20.3 Å². The number of fused-ring (bicyclic) bond motifs is 1. The number of rotatable bonds is 0. The molecule has 1 aromatic carbocycles. The summed E-state index contributed by atoms with van der Waals surface area (Å²) in [7, 11) is 0. The van der Waals surface area contributed by atoms with Crippen molar-refractivity contribution < 1.29 is 24.2 Å². The molecule has 0 atom stereocenters. The third-order valence-corrected chi connectivity index (χ3v) is 1.98. The van der Waals surface area contributed by atoms with Gasteiger partial charge in [-0.25, -0.2) is 12.2 Å². The van der Waals surface area contributed by atoms with Gasteiger partial charge in [-0.3, -0.25) is 6.08 Å². The molecule has 0 spiro atoms. The molecule has 0 radical (unpaired) electrons. The van der Waals surface area contributed by atoms with Gasteiger partial charge in [0, 0.05) is 0 Å². The van der Waals surface area contributed by atoms with Crippen LogP contribution in [-0.2, 0) is 24.2 Å². The molecule has 1 nitrogen and oxygen atoms in total. The molecular weight excluding hydrogens is 440 g/mol. The van der Waals surface area contributed by atoms with Gasteiger partial charge in [0.15, 0.2) is 0 Å². The van der Waals surface area contributed by atoms with Gasteiger partial charge < -0.3 is 49.5 Å². The van der Waals surface area contributed by atoms with Crippen LogP contribution in [0.3, 0.4) is 0 Å². The molecule has 0 fully saturated rings. The van der Waals surface area contributed by atoms with E-state index in [1.54, 1.807) is 24.2 Å². The van der Waals surface area contributed by atoms with E-state index < -0.39 is 0 Å². The molecule has 4 heteroatoms. The quantitative estimate of drug-likeness (QED) is 0.377. The molecule has 0 aliphatic heterocycles. The average Bonchev–Trinajstić information content (AvgIpc) is 3.03. The topological polar surface area (TPSA) is 15.8 Å². The Hall–Kier alpha value is -0.427. The second-order valence-corrected chi connectivity index (χ2v) is 6.46. The van der Waals surface area contributed by atoms with Gasteiger partial charge >= 0.3 is 41.3 Å². The van der Waals surface area contributed by atoms with Crippen molar-refractivity contribution >= 4 is 38.9 Å². The molecule has 0 bridgehead atoms. The fraction of sp³-hybridized carbons (Fsp3) is 0.136. The maximum atomic E-state index is 2.99. The number of aromatic amines is 1. The second-order valence-electron chi connectivity index (χ2n) is 4.00. The minimum Gasteiger partial charge on any atom is -0.477 e. The average molecular weight is 478 g/mol. The van der Waals surface area contributed by atoms with Crippen LogP contribution in [0.5, 0.6) is 0 Å². The van der Waals surface area contributed by atoms with E-state index in [0.717, 1.165) is 11.9 Å². The Kier molecular flexibility index (Phi) is 62.0. The van der Waals surface area contributed by atoms with Crippen molar-refractivity contribution in [3.05, 3.63) is 105 Å². The van der Waals surface area contributed by atoms with Crippen molar-refractivity contribution in [1.29, 1.82) is 0 Å². The fourth-order valence-corrected chi connectivity index (χ4v) is 1.27. The Labute approximate surface area is 192 Å². The predicted molar refractivity (Wildman–Crippen MR) is 128 cm³/mol. The van der Waals surface area contributed by atoms with Gasteiger partial charge in [-0.1, -0.05) is 12.1 Å². The summed E-state index contributed by atoms with van der Waals surface area (Å²) in [6, 6.07) is 10.1. The Morgan fingerprint density at radius 2 is 1.46 bits per heavy atom. The van der Waals surface area contributed by atoms with E-state index in [1.165, 1.54) is 8.59 Å². The smallest absolute Gasteiger partial charge is 0.0745 e. The largest absolute Gasteiger partial charge is 0.477 e. The van der Waals surface area contributed by atoms with E-state index in [-0.39, 0.29) is 69.4 Å². The van der Waals surface area contributed by atoms with Gasteiger partial charge in [-0.05, 0) is 0 Å². The molecule has 1 aromatic heterocycles. The van der Waals surface area contributed by atoms with E-state index in [2.05, 4.69) is 43.2 Å². The van der Waals surface area contributed by atoms with E-state index in [9.17, 15) is 0 Å². The zero-order valence-corrected chi connectivity index (χ0v) is 21.7. The van der Waals surface area contributed by atoms with Crippen LogP contribution in [0.15, 0.2) is 48.6 Å². The number of hydrogen-bond donors (Lipinski definition) is 1. The Bertz CT molecular complexity index is 502. The summed E-state index contributed by atoms with van der Waals surface area (Å²) in [5, 5.41) is 1.22. The van der Waals surface area contributed by atoms with Crippen molar-refractivity contribution in [2.45, 2.75) is 20.3 Å². The van der Waals surface area contributed by atoms with Crippen molar-refractivity contribution in [2.24, 2.45) is 0 Å². The number of para-hydroxylation sites is 1. The molecule has 1 aliphatic rings. The van der Waals surface area contributed by atoms with E-state index in [1.807, 2.05) is 36.4 Å². The van der Waals surface area contributed by atoms with Crippen LogP contribution < -0.4 is 0 Å². The number of aromatic nitrogens is 1. The van der Waals surface area contributed by atoms with Crippen LogP contribution in [0.25, 0.3) is 10.9 Å². The maximum Gasteiger partial charge on any atom is -0.0745 e. The fourth-order valence-electron chi connectivity index (χ4n) is 1.27. The normalized spacial score (nSPS) is 7.88. The van der Waals surface area contributed by atoms with Crippen molar-refractivity contribution in [3.8, 4) is 0 Å². The third-order valence-electron chi connectivity index (χ3n) is 1.98. The van der Waals surface area contributed by atoms with Crippen molar-refractivity contribution in [2.75, 3.05) is 0 Å². The molecule has 156 valence electrons. The molecule has 0 saturated carbocycles. The molecule has 0 amide bonds. The Balaban J connectivity index is -0.0000000289. The van der Waals surface area contributed by atoms with Crippen LogP contribution in [0.4, 0.5) is 0 Å². The number of nitrogens with one attached hydrogen (secondary N) is 1. The van der Waals surface area contributed by atoms with E-state index >= 15 is 0 Å². The van der Waals surface area contributed by atoms with Crippen molar-refractivity contribution in [1.82, 2.24) is 4.98 Å². The summed E-state index contributed by atoms with van der Waals surface area (Å²) >= 11 is 1.55. The SMILES string of the molecule is C[C](C)=[Zr].Cl.Cl.[C-]1=CC=CC1.[CH3-].[CH3-].[CH3-].[CH3-].[CH3-].[CH3-].[c-]1cc2ccccc2[nH]1. The zero-order valence-electron chi connectivity index (χ0n) is 17.6. The van der Waals surface area contributed by atoms with Gasteiger partial charge in [0.25, 0.3) is 0 Å². The summed E-state index contributed by atoms with van der Waals surface area (Å²) in [6.07, 6.45) is 12.9. The van der Waals surface area contributed by atoms with Gasteiger partial charge in [-0.15, -0.1) is 55.1 Å². The zero-order chi connectivity index (χ0) is 13.2. The van der Waals surface area contributed by atoms with Crippen molar-refractivity contribution in [3.63, 3.8) is 0 Å². The summed E-state index contributed by atoms with van der Waals surface area (Å²) in [6.45, 7) is 4.25. The summed E-state index contributed by atoms with van der Waals surface area (Å²) in [4.78, 5) is 2.99. The van der Waals surface area contributed by atoms with Gasteiger partial charge in [-0.2, -0.15) is 17.5 Å². The van der Waals surface area contributed by atoms with Crippen LogP contribution in [0, 0.1) is 56.8 Å². The minimum absolute atomic E-state index is 0. The van der Waals surface area contributed by atoms with Gasteiger partial charge in [0.1, 0.15) is 0 Å². The van der Waals surface area contributed by atoms with Crippen LogP contribution in [0.2, 0.25) is 0 Å². The van der Waals surface area contributed by atoms with Crippen LogP contribution in [-0.4, -0.2) is 8.19 Å². The number of allylic oxidation sites excluding steroid dienone is 4. The first-order valence-corrected chi connectivity index (χ1v) is 7.10. The maximum absolute atomic E-state index is 2.99. The van der Waals surface area contributed by atoms with E-state index in [0.29, 0.717) is 0 Å². The monoisotopic (exact) mass is 475 g/mol. The molecule has 0 saturated heterocycles. The minimum atomic E-state index is 0. The van der Waals surface area contributed by atoms with Gasteiger partial charge in [0.2, 0.25) is 0 Å². The molecule has 3 rings (SSSR count). The molecule has 0 unspecified atom stereocenters. The first kappa shape index (κ1) is 50.0. The second kappa shape index (κ2) is 32.3. The number of hydrogen-bond acceptors (Lipinski definition) is 0. The third kappa shape index (κ3) is 25.8. The summed E-state index contributed by atoms with van der Waals surface area (Å²) in [5.41, 5.74) is 1.15. The van der Waals surface area contributed by atoms with Crippen LogP contribution >= 0.6 is 24.8 Å². The first-order valence-electron chi connectivity index (χ1n) is 5.87. The number of H-pyrrole nitrogens is 1. The predicted octanol–water partition coefficient (Wildman–Crippen LogP) is 7.56. The summed E-state index contributed by atoms with van der Waals surface area (Å²) < 4.78 is 1.51. The molecule has 1 N–H and O–H groups in total. The Morgan fingerprint density at radius 3 is 1.81 bits per heavy atom. The van der Waals surface area contributed by atoms with E-state index in [4.69, 9.17) is 0 Å². The molecule has 1 heterocycles. The standard InChI is InChI=1S/C8H6N.C5H5.C3H6.6CH3.2ClH.Zr/c1-2-4-8-7(3-1)5-6-9-8;1-2-4-5-3-1;1-3-2;;;;;;;;;/h1-5,9H;1-3H,4H2;1-2H3;6*1H3;2*1H;/q2*-1;;6*-1;;;. The molecule has 1 aliphatic carbocycles. The summed E-state index contributed by atoms with van der Waals surface area (Å²) in [5.74, 6) is 0. The first-order chi connectivity index (χ1) is 8.70. The Morgan fingerprint density at radius 1 is 0.962 bits per heavy atom. The number of benzene rings is 1.